The van der Waals surface area contributed by atoms with Crippen molar-refractivity contribution in [1.82, 2.24) is 0 Å². The minimum absolute atomic E-state index is 0.298. The zero-order chi connectivity index (χ0) is 11.3. The highest BCUT2D eigenvalue weighted by atomic mass is 32.1. The van der Waals surface area contributed by atoms with Gasteiger partial charge in [0.1, 0.15) is 5.00 Å². The van der Waals surface area contributed by atoms with Gasteiger partial charge >= 0.3 is 12.1 Å². The number of amides is 1. The lowest BCUT2D eigenvalue weighted by molar-refractivity contribution is 0.0528. The molecule has 0 aromatic carbocycles. The van der Waals surface area contributed by atoms with Gasteiger partial charge in [-0.2, -0.15) is 0 Å². The molecular weight excluding hydrogens is 218 g/mol. The van der Waals surface area contributed by atoms with Crippen LogP contribution in [0.2, 0.25) is 0 Å². The van der Waals surface area contributed by atoms with E-state index in [1.807, 2.05) is 0 Å². The minimum atomic E-state index is -0.608. The Morgan fingerprint density at radius 1 is 1.53 bits per heavy atom. The summed E-state index contributed by atoms with van der Waals surface area (Å²) in [6.07, 6.45) is -0.608. The molecule has 0 aliphatic rings. The van der Waals surface area contributed by atoms with Gasteiger partial charge in [0, 0.05) is 0 Å². The Kier molecular flexibility index (Phi) is 4.11. The summed E-state index contributed by atoms with van der Waals surface area (Å²) < 4.78 is 9.24. The van der Waals surface area contributed by atoms with Crippen LogP contribution in [0.4, 0.5) is 9.80 Å². The molecule has 0 atom stereocenters. The van der Waals surface area contributed by atoms with E-state index in [0.717, 1.165) is 0 Å². The highest BCUT2D eigenvalue weighted by molar-refractivity contribution is 7.14. The van der Waals surface area contributed by atoms with Gasteiger partial charge in [0.15, 0.2) is 0 Å². The molecule has 0 spiro atoms. The number of methoxy groups -OCH3 is 1. The first-order valence-corrected chi connectivity index (χ1v) is 5.16. The van der Waals surface area contributed by atoms with E-state index in [9.17, 15) is 9.59 Å². The van der Waals surface area contributed by atoms with Crippen LogP contribution in [0.1, 0.15) is 17.3 Å². The standard InChI is InChI=1S/C9H11NO4S/c1-3-14-8(11)6-4-5-15-7(6)10-9(12)13-2/h4-5H,3H2,1-2H3,(H,10,12). The van der Waals surface area contributed by atoms with Crippen molar-refractivity contribution < 1.29 is 19.1 Å². The molecule has 5 nitrogen and oxygen atoms in total. The van der Waals surface area contributed by atoms with Crippen LogP contribution >= 0.6 is 11.3 Å². The van der Waals surface area contributed by atoms with Crippen LogP contribution in [0.25, 0.3) is 0 Å². The van der Waals surface area contributed by atoms with Gasteiger partial charge in [0.2, 0.25) is 0 Å². The molecule has 82 valence electrons. The molecule has 0 saturated carbocycles. The normalized spacial score (nSPS) is 9.47. The van der Waals surface area contributed by atoms with Crippen LogP contribution in [-0.4, -0.2) is 25.8 Å². The summed E-state index contributed by atoms with van der Waals surface area (Å²) in [7, 11) is 1.26. The first-order valence-electron chi connectivity index (χ1n) is 4.28. The highest BCUT2D eigenvalue weighted by Gasteiger charge is 2.15. The molecule has 1 heterocycles. The molecule has 0 aliphatic carbocycles. The molecule has 1 N–H and O–H groups in total. The predicted octanol–water partition coefficient (Wildman–Crippen LogP) is 2.10. The van der Waals surface area contributed by atoms with Crippen LogP contribution in [-0.2, 0) is 9.47 Å². The van der Waals surface area contributed by atoms with E-state index in [2.05, 4.69) is 10.1 Å². The molecule has 1 aromatic heterocycles. The van der Waals surface area contributed by atoms with Crippen LogP contribution in [0, 0.1) is 0 Å². The monoisotopic (exact) mass is 229 g/mol. The van der Waals surface area contributed by atoms with Crippen LogP contribution in [0.15, 0.2) is 11.4 Å². The van der Waals surface area contributed by atoms with Crippen LogP contribution < -0.4 is 5.32 Å². The van der Waals surface area contributed by atoms with Gasteiger partial charge in [0.05, 0.1) is 19.3 Å². The zero-order valence-corrected chi connectivity index (χ0v) is 9.22. The molecule has 0 radical (unpaired) electrons. The van der Waals surface area contributed by atoms with Crippen LogP contribution in [0.3, 0.4) is 0 Å². The lowest BCUT2D eigenvalue weighted by Gasteiger charge is -2.04. The fraction of sp³-hybridized carbons (Fsp3) is 0.333. The van der Waals surface area contributed by atoms with E-state index < -0.39 is 12.1 Å². The van der Waals surface area contributed by atoms with Gasteiger partial charge in [0.25, 0.3) is 0 Å². The van der Waals surface area contributed by atoms with Crippen LogP contribution in [0.5, 0.6) is 0 Å². The Labute approximate surface area is 91.0 Å². The first-order chi connectivity index (χ1) is 7.19. The Hall–Kier alpha value is -1.56. The quantitative estimate of drug-likeness (QED) is 0.806. The van der Waals surface area contributed by atoms with E-state index in [1.165, 1.54) is 18.4 Å². The van der Waals surface area contributed by atoms with Crippen molar-refractivity contribution >= 4 is 28.4 Å². The van der Waals surface area contributed by atoms with Crippen molar-refractivity contribution in [2.45, 2.75) is 6.92 Å². The SMILES string of the molecule is CCOC(=O)c1ccsc1NC(=O)OC. The molecule has 1 aromatic rings. The van der Waals surface area contributed by atoms with Crippen molar-refractivity contribution in [3.8, 4) is 0 Å². The topological polar surface area (TPSA) is 64.6 Å². The Balaban J connectivity index is 2.77. The number of hydrogen-bond donors (Lipinski definition) is 1. The number of esters is 1. The number of nitrogens with one attached hydrogen (secondary N) is 1. The summed E-state index contributed by atoms with van der Waals surface area (Å²) in [4.78, 5) is 22.3. The number of carbonyl (C=O) groups is 2. The number of carbonyl (C=O) groups excluding carboxylic acids is 2. The molecule has 0 unspecified atom stereocenters. The molecule has 6 heteroatoms. The van der Waals surface area contributed by atoms with Crippen molar-refractivity contribution in [2.75, 3.05) is 19.0 Å². The number of thiophene rings is 1. The third kappa shape index (κ3) is 2.95. The fourth-order valence-electron chi connectivity index (χ4n) is 0.919. The van der Waals surface area contributed by atoms with Gasteiger partial charge in [-0.1, -0.05) is 0 Å². The van der Waals surface area contributed by atoms with E-state index >= 15 is 0 Å². The summed E-state index contributed by atoms with van der Waals surface area (Å²) in [5.74, 6) is -0.454. The Morgan fingerprint density at radius 2 is 2.27 bits per heavy atom. The summed E-state index contributed by atoms with van der Waals surface area (Å²) in [5.41, 5.74) is 0.340. The Morgan fingerprint density at radius 3 is 2.87 bits per heavy atom. The predicted molar refractivity (Wildman–Crippen MR) is 56.3 cm³/mol. The lowest BCUT2D eigenvalue weighted by Crippen LogP contribution is -2.13. The average molecular weight is 229 g/mol. The minimum Gasteiger partial charge on any atom is -0.462 e. The Bertz CT molecular complexity index is 361. The summed E-state index contributed by atoms with van der Waals surface area (Å²) in [6, 6.07) is 1.59. The first kappa shape index (κ1) is 11.5. The maximum Gasteiger partial charge on any atom is 0.411 e. The second-order valence-corrected chi connectivity index (χ2v) is 3.42. The van der Waals surface area contributed by atoms with Gasteiger partial charge in [-0.3, -0.25) is 5.32 Å². The van der Waals surface area contributed by atoms with E-state index in [0.29, 0.717) is 17.2 Å². The molecule has 15 heavy (non-hydrogen) atoms. The number of anilines is 1. The fourth-order valence-corrected chi connectivity index (χ4v) is 1.68. The maximum absolute atomic E-state index is 11.4. The maximum atomic E-state index is 11.4. The second-order valence-electron chi connectivity index (χ2n) is 2.50. The molecule has 0 fully saturated rings. The summed E-state index contributed by atoms with van der Waals surface area (Å²) in [5, 5.41) is 4.56. The molecular formula is C9H11NO4S. The van der Waals surface area contributed by atoms with E-state index in [1.54, 1.807) is 18.4 Å². The van der Waals surface area contributed by atoms with Crippen molar-refractivity contribution in [3.05, 3.63) is 17.0 Å². The van der Waals surface area contributed by atoms with E-state index in [4.69, 9.17) is 4.74 Å². The van der Waals surface area contributed by atoms with Gasteiger partial charge in [-0.25, -0.2) is 9.59 Å². The molecule has 1 rings (SSSR count). The molecule has 0 saturated heterocycles. The third-order valence-electron chi connectivity index (χ3n) is 1.56. The smallest absolute Gasteiger partial charge is 0.411 e. The number of hydrogen-bond acceptors (Lipinski definition) is 5. The highest BCUT2D eigenvalue weighted by Crippen LogP contribution is 2.24. The third-order valence-corrected chi connectivity index (χ3v) is 2.39. The molecule has 0 bridgehead atoms. The van der Waals surface area contributed by atoms with Gasteiger partial charge in [-0.15, -0.1) is 11.3 Å². The van der Waals surface area contributed by atoms with Crippen molar-refractivity contribution in [2.24, 2.45) is 0 Å². The summed E-state index contributed by atoms with van der Waals surface area (Å²) in [6.45, 7) is 2.02. The van der Waals surface area contributed by atoms with Gasteiger partial charge < -0.3 is 9.47 Å². The number of rotatable bonds is 3. The molecule has 0 aliphatic heterocycles. The van der Waals surface area contributed by atoms with Crippen molar-refractivity contribution in [3.63, 3.8) is 0 Å². The summed E-state index contributed by atoms with van der Waals surface area (Å²) >= 11 is 1.23. The lowest BCUT2D eigenvalue weighted by atomic mass is 10.3. The number of ether oxygens (including phenoxy) is 2. The van der Waals surface area contributed by atoms with E-state index in [-0.39, 0.29) is 0 Å². The average Bonchev–Trinajstić information content (AvgIpc) is 2.66. The zero-order valence-electron chi connectivity index (χ0n) is 8.40. The van der Waals surface area contributed by atoms with Crippen molar-refractivity contribution in [1.29, 1.82) is 0 Å². The largest absolute Gasteiger partial charge is 0.462 e. The second kappa shape index (κ2) is 5.35. The van der Waals surface area contributed by atoms with Gasteiger partial charge in [-0.05, 0) is 18.4 Å². The molecule has 1 amide bonds.